The number of Topliss-reactive ketones (excluding diaryl/α,β-unsaturated/α-hetero) is 1. The van der Waals surface area contributed by atoms with Gasteiger partial charge in [-0.25, -0.2) is 8.42 Å². The van der Waals surface area contributed by atoms with Crippen LogP contribution in [0.1, 0.15) is 36.2 Å². The number of carbonyl (C=O) groups excluding carboxylic acids is 1. The monoisotopic (exact) mass is 345 g/mol. The third kappa shape index (κ3) is 2.72. The van der Waals surface area contributed by atoms with Crippen LogP contribution in [-0.2, 0) is 15.6 Å². The van der Waals surface area contributed by atoms with E-state index in [1.165, 1.54) is 35.5 Å². The number of para-hydroxylation sites is 1. The van der Waals surface area contributed by atoms with E-state index in [2.05, 4.69) is 0 Å². The van der Waals surface area contributed by atoms with Gasteiger partial charge in [0.05, 0.1) is 16.2 Å². The summed E-state index contributed by atoms with van der Waals surface area (Å²) >= 11 is 0. The number of carbonyl (C=O) groups is 1. The van der Waals surface area contributed by atoms with Crippen molar-refractivity contribution >= 4 is 21.5 Å². The predicted octanol–water partition coefficient (Wildman–Crippen LogP) is 2.70. The molecule has 6 heteroatoms. The molecular formula is C18H19NO4S. The van der Waals surface area contributed by atoms with Gasteiger partial charge in [-0.15, -0.1) is 0 Å². The molecule has 0 radical (unpaired) electrons. The zero-order valence-corrected chi connectivity index (χ0v) is 14.4. The van der Waals surface area contributed by atoms with Gasteiger partial charge in [0, 0.05) is 17.7 Å². The molecule has 0 saturated carbocycles. The lowest BCUT2D eigenvalue weighted by Gasteiger charge is -2.38. The van der Waals surface area contributed by atoms with E-state index in [4.69, 9.17) is 0 Å². The van der Waals surface area contributed by atoms with E-state index < -0.39 is 15.6 Å². The highest BCUT2D eigenvalue weighted by Gasteiger charge is 2.37. The maximum atomic E-state index is 13.0. The molecule has 126 valence electrons. The lowest BCUT2D eigenvalue weighted by atomic mass is 9.88. The minimum Gasteiger partial charge on any atom is -0.385 e. The molecule has 0 spiro atoms. The van der Waals surface area contributed by atoms with Gasteiger partial charge in [-0.2, -0.15) is 0 Å². The second kappa shape index (κ2) is 5.72. The Morgan fingerprint density at radius 2 is 1.75 bits per heavy atom. The number of fused-ring (bicyclic) bond motifs is 1. The molecule has 1 heterocycles. The van der Waals surface area contributed by atoms with Gasteiger partial charge in [-0.1, -0.05) is 30.3 Å². The van der Waals surface area contributed by atoms with E-state index in [1.54, 1.807) is 31.2 Å². The molecule has 2 aromatic rings. The van der Waals surface area contributed by atoms with Gasteiger partial charge in [0.2, 0.25) is 0 Å². The highest BCUT2D eigenvalue weighted by Crippen LogP contribution is 2.40. The van der Waals surface area contributed by atoms with Gasteiger partial charge < -0.3 is 5.11 Å². The Bertz CT molecular complexity index is 885. The molecule has 2 aromatic carbocycles. The predicted molar refractivity (Wildman–Crippen MR) is 91.6 cm³/mol. The number of nitrogens with zero attached hydrogens (tertiary/aromatic N) is 1. The summed E-state index contributed by atoms with van der Waals surface area (Å²) in [5, 5.41) is 10.5. The van der Waals surface area contributed by atoms with Crippen LogP contribution in [0.3, 0.4) is 0 Å². The third-order valence-corrected chi connectivity index (χ3v) is 6.23. The first-order chi connectivity index (χ1) is 11.2. The molecule has 0 aliphatic carbocycles. The molecule has 0 bridgehead atoms. The highest BCUT2D eigenvalue weighted by atomic mass is 32.2. The lowest BCUT2D eigenvalue weighted by Crippen LogP contribution is -2.42. The molecule has 0 saturated heterocycles. The summed E-state index contributed by atoms with van der Waals surface area (Å²) in [7, 11) is -3.76. The van der Waals surface area contributed by atoms with Crippen molar-refractivity contribution in [2.45, 2.75) is 30.8 Å². The van der Waals surface area contributed by atoms with Crippen LogP contribution in [-0.4, -0.2) is 25.9 Å². The Labute approximate surface area is 141 Å². The second-order valence-corrected chi connectivity index (χ2v) is 8.06. The molecule has 0 fully saturated rings. The van der Waals surface area contributed by atoms with E-state index in [9.17, 15) is 18.3 Å². The van der Waals surface area contributed by atoms with Gasteiger partial charge in [-0.05, 0) is 38.5 Å². The van der Waals surface area contributed by atoms with E-state index >= 15 is 0 Å². The Morgan fingerprint density at radius 3 is 2.38 bits per heavy atom. The molecule has 24 heavy (non-hydrogen) atoms. The van der Waals surface area contributed by atoms with Crippen molar-refractivity contribution in [1.29, 1.82) is 0 Å². The summed E-state index contributed by atoms with van der Waals surface area (Å²) in [5.41, 5.74) is 0.502. The Hall–Kier alpha value is -2.18. The number of hydrogen-bond acceptors (Lipinski definition) is 4. The molecule has 0 aromatic heterocycles. The average Bonchev–Trinajstić information content (AvgIpc) is 2.55. The zero-order chi connectivity index (χ0) is 17.5. The number of hydrogen-bond donors (Lipinski definition) is 1. The number of sulfonamides is 1. The van der Waals surface area contributed by atoms with Crippen molar-refractivity contribution in [2.24, 2.45) is 0 Å². The van der Waals surface area contributed by atoms with E-state index in [0.717, 1.165) is 0 Å². The van der Waals surface area contributed by atoms with Crippen molar-refractivity contribution in [3.05, 3.63) is 59.7 Å². The quantitative estimate of drug-likeness (QED) is 0.868. The molecule has 3 rings (SSSR count). The third-order valence-electron chi connectivity index (χ3n) is 4.40. The largest absolute Gasteiger partial charge is 0.385 e. The Kier molecular flexibility index (Phi) is 3.97. The molecule has 1 aliphatic heterocycles. The summed E-state index contributed by atoms with van der Waals surface area (Å²) in [6, 6.07) is 12.9. The topological polar surface area (TPSA) is 74.7 Å². The van der Waals surface area contributed by atoms with Crippen LogP contribution in [0.4, 0.5) is 5.69 Å². The van der Waals surface area contributed by atoms with Crippen LogP contribution in [0.2, 0.25) is 0 Å². The van der Waals surface area contributed by atoms with Crippen LogP contribution < -0.4 is 4.31 Å². The fourth-order valence-corrected chi connectivity index (χ4v) is 4.44. The van der Waals surface area contributed by atoms with Crippen LogP contribution in [0.25, 0.3) is 0 Å². The van der Waals surface area contributed by atoms with Crippen molar-refractivity contribution < 1.29 is 18.3 Å². The minimum atomic E-state index is -3.76. The molecule has 1 atom stereocenters. The van der Waals surface area contributed by atoms with Crippen LogP contribution in [0.15, 0.2) is 53.4 Å². The normalized spacial score (nSPS) is 20.5. The van der Waals surface area contributed by atoms with Crippen molar-refractivity contribution in [3.8, 4) is 0 Å². The van der Waals surface area contributed by atoms with E-state index in [1.807, 2.05) is 0 Å². The molecule has 1 unspecified atom stereocenters. The Morgan fingerprint density at radius 1 is 1.12 bits per heavy atom. The van der Waals surface area contributed by atoms with Gasteiger partial charge in [0.15, 0.2) is 5.78 Å². The molecule has 5 nitrogen and oxygen atoms in total. The zero-order valence-electron chi connectivity index (χ0n) is 13.6. The Balaban J connectivity index is 2.06. The van der Waals surface area contributed by atoms with Gasteiger partial charge in [0.1, 0.15) is 0 Å². The minimum absolute atomic E-state index is 0.113. The highest BCUT2D eigenvalue weighted by molar-refractivity contribution is 7.92. The number of anilines is 1. The number of aliphatic hydroxyl groups is 1. The first-order valence-corrected chi connectivity index (χ1v) is 9.13. The van der Waals surface area contributed by atoms with E-state index in [0.29, 0.717) is 23.2 Å². The van der Waals surface area contributed by atoms with Gasteiger partial charge in [0.25, 0.3) is 10.0 Å². The summed E-state index contributed by atoms with van der Waals surface area (Å²) in [6.45, 7) is 3.32. The average molecular weight is 345 g/mol. The fourth-order valence-electron chi connectivity index (χ4n) is 2.96. The second-order valence-electron chi connectivity index (χ2n) is 6.20. The summed E-state index contributed by atoms with van der Waals surface area (Å²) in [6.07, 6.45) is 0.314. The molecule has 1 aliphatic rings. The van der Waals surface area contributed by atoms with E-state index in [-0.39, 0.29) is 17.2 Å². The van der Waals surface area contributed by atoms with Crippen LogP contribution in [0.5, 0.6) is 0 Å². The smallest absolute Gasteiger partial charge is 0.264 e. The van der Waals surface area contributed by atoms with Gasteiger partial charge in [-0.3, -0.25) is 9.10 Å². The summed E-state index contributed by atoms with van der Waals surface area (Å²) in [4.78, 5) is 11.5. The molecule has 0 amide bonds. The van der Waals surface area contributed by atoms with Crippen LogP contribution >= 0.6 is 0 Å². The molecular weight excluding hydrogens is 326 g/mol. The van der Waals surface area contributed by atoms with Crippen molar-refractivity contribution in [3.63, 3.8) is 0 Å². The fraction of sp³-hybridized carbons (Fsp3) is 0.278. The molecule has 1 N–H and O–H groups in total. The first kappa shape index (κ1) is 16.7. The number of benzene rings is 2. The summed E-state index contributed by atoms with van der Waals surface area (Å²) < 4.78 is 27.3. The van der Waals surface area contributed by atoms with Crippen LogP contribution in [0, 0.1) is 0 Å². The summed E-state index contributed by atoms with van der Waals surface area (Å²) in [5.74, 6) is -0.113. The first-order valence-electron chi connectivity index (χ1n) is 7.69. The maximum absolute atomic E-state index is 13.0. The lowest BCUT2D eigenvalue weighted by molar-refractivity contribution is 0.0472. The van der Waals surface area contributed by atoms with Gasteiger partial charge >= 0.3 is 0 Å². The standard InChI is InChI=1S/C18H19NO4S/c1-13(20)14-7-9-15(10-8-14)24(22,23)19-12-11-18(2,21)16-5-3-4-6-17(16)19/h3-10,21H,11-12H2,1-2H3. The van der Waals surface area contributed by atoms with Crippen molar-refractivity contribution in [2.75, 3.05) is 10.8 Å². The maximum Gasteiger partial charge on any atom is 0.264 e. The number of rotatable bonds is 3. The number of ketones is 1. The SMILES string of the molecule is CC(=O)c1ccc(S(=O)(=O)N2CCC(C)(O)c3ccccc32)cc1. The van der Waals surface area contributed by atoms with Crippen molar-refractivity contribution in [1.82, 2.24) is 0 Å².